The summed E-state index contributed by atoms with van der Waals surface area (Å²) in [5.74, 6) is -0.0799. The molecule has 3 aromatic carbocycles. The van der Waals surface area contributed by atoms with Crippen LogP contribution in [0.2, 0.25) is 0 Å². The molecule has 0 aromatic heterocycles. The molecule has 1 amide bonds. The molecule has 1 atom stereocenters. The maximum Gasteiger partial charge on any atom is 0.300 e. The van der Waals surface area contributed by atoms with E-state index in [-0.39, 0.29) is 16.9 Å². The van der Waals surface area contributed by atoms with Crippen molar-refractivity contribution in [2.75, 3.05) is 32.8 Å². The number of hydrogen-bond donors (Lipinski definition) is 1. The lowest BCUT2D eigenvalue weighted by Crippen LogP contribution is -2.29. The van der Waals surface area contributed by atoms with Crippen molar-refractivity contribution >= 4 is 23.1 Å². The fraction of sp³-hybridized carbons (Fsp3) is 0.241. The summed E-state index contributed by atoms with van der Waals surface area (Å²) >= 11 is 0. The predicted molar refractivity (Wildman–Crippen MR) is 140 cm³/mol. The van der Waals surface area contributed by atoms with Crippen LogP contribution >= 0.6 is 0 Å². The van der Waals surface area contributed by atoms with Gasteiger partial charge in [-0.2, -0.15) is 0 Å². The van der Waals surface area contributed by atoms with Crippen LogP contribution in [0.4, 0.5) is 5.69 Å². The quantitative estimate of drug-likeness (QED) is 0.246. The van der Waals surface area contributed by atoms with Crippen LogP contribution in [0.25, 0.3) is 5.76 Å². The number of benzene rings is 3. The van der Waals surface area contributed by atoms with Crippen LogP contribution in [0.3, 0.4) is 0 Å². The monoisotopic (exact) mass is 503 g/mol. The Kier molecular flexibility index (Phi) is 7.67. The number of rotatable bonds is 9. The molecule has 1 fully saturated rings. The van der Waals surface area contributed by atoms with Crippen LogP contribution in [0.5, 0.6) is 23.0 Å². The van der Waals surface area contributed by atoms with E-state index in [0.717, 1.165) is 6.42 Å². The zero-order chi connectivity index (χ0) is 26.5. The van der Waals surface area contributed by atoms with Gasteiger partial charge in [0.2, 0.25) is 0 Å². The molecule has 1 N–H and O–H groups in total. The predicted octanol–water partition coefficient (Wildman–Crippen LogP) is 5.13. The Morgan fingerprint density at radius 1 is 0.865 bits per heavy atom. The Morgan fingerprint density at radius 3 is 2.27 bits per heavy atom. The highest BCUT2D eigenvalue weighted by molar-refractivity contribution is 6.51. The van der Waals surface area contributed by atoms with Gasteiger partial charge in [-0.25, -0.2) is 0 Å². The van der Waals surface area contributed by atoms with Gasteiger partial charge in [0.1, 0.15) is 28.8 Å². The lowest BCUT2D eigenvalue weighted by atomic mass is 9.94. The van der Waals surface area contributed by atoms with E-state index in [1.54, 1.807) is 60.7 Å². The fourth-order valence-electron chi connectivity index (χ4n) is 4.31. The van der Waals surface area contributed by atoms with E-state index in [1.807, 2.05) is 13.0 Å². The third kappa shape index (κ3) is 4.95. The topological polar surface area (TPSA) is 94.5 Å². The van der Waals surface area contributed by atoms with E-state index in [2.05, 4.69) is 0 Å². The average Bonchev–Trinajstić information content (AvgIpc) is 3.21. The van der Waals surface area contributed by atoms with Gasteiger partial charge in [-0.15, -0.1) is 0 Å². The molecule has 1 heterocycles. The van der Waals surface area contributed by atoms with Crippen LogP contribution in [0.15, 0.2) is 72.3 Å². The zero-order valence-corrected chi connectivity index (χ0v) is 21.2. The van der Waals surface area contributed by atoms with Crippen LogP contribution in [-0.2, 0) is 9.59 Å². The fourth-order valence-corrected chi connectivity index (χ4v) is 4.31. The van der Waals surface area contributed by atoms with Gasteiger partial charge in [0.05, 0.1) is 45.1 Å². The number of carbonyl (C=O) groups is 2. The molecule has 0 bridgehead atoms. The first-order valence-electron chi connectivity index (χ1n) is 11.8. The summed E-state index contributed by atoms with van der Waals surface area (Å²) in [7, 11) is 4.48. The van der Waals surface area contributed by atoms with E-state index < -0.39 is 17.7 Å². The smallest absolute Gasteiger partial charge is 0.300 e. The first kappa shape index (κ1) is 25.6. The van der Waals surface area contributed by atoms with Gasteiger partial charge in [-0.05, 0) is 54.4 Å². The molecule has 0 spiro atoms. The molecule has 0 radical (unpaired) electrons. The normalized spacial score (nSPS) is 16.5. The highest BCUT2D eigenvalue weighted by Crippen LogP contribution is 2.44. The summed E-state index contributed by atoms with van der Waals surface area (Å²) in [5, 5.41) is 11.5. The molecule has 8 nitrogen and oxygen atoms in total. The molecule has 37 heavy (non-hydrogen) atoms. The first-order valence-corrected chi connectivity index (χ1v) is 11.8. The van der Waals surface area contributed by atoms with Crippen molar-refractivity contribution < 1.29 is 33.6 Å². The first-order chi connectivity index (χ1) is 17.9. The molecule has 1 aliphatic rings. The third-order valence-corrected chi connectivity index (χ3v) is 6.08. The molecular weight excluding hydrogens is 474 g/mol. The molecule has 0 saturated carbocycles. The highest BCUT2D eigenvalue weighted by Gasteiger charge is 2.47. The summed E-state index contributed by atoms with van der Waals surface area (Å²) in [6.45, 7) is 2.52. The molecule has 1 unspecified atom stereocenters. The van der Waals surface area contributed by atoms with Crippen LogP contribution in [0.1, 0.15) is 30.5 Å². The molecular formula is C29H29NO7. The van der Waals surface area contributed by atoms with Crippen LogP contribution in [-0.4, -0.2) is 44.7 Å². The number of amides is 1. The largest absolute Gasteiger partial charge is 0.507 e. The number of ether oxygens (including phenoxy) is 4. The van der Waals surface area contributed by atoms with E-state index in [4.69, 9.17) is 18.9 Å². The Morgan fingerprint density at radius 2 is 1.57 bits per heavy atom. The van der Waals surface area contributed by atoms with E-state index >= 15 is 0 Å². The Balaban J connectivity index is 1.96. The lowest BCUT2D eigenvalue weighted by Gasteiger charge is -2.26. The summed E-state index contributed by atoms with van der Waals surface area (Å²) < 4.78 is 21.9. The molecule has 1 saturated heterocycles. The number of hydrogen-bond acceptors (Lipinski definition) is 7. The number of Topliss-reactive ketones (excluding diaryl/α,β-unsaturated/α-hetero) is 1. The van der Waals surface area contributed by atoms with Crippen molar-refractivity contribution in [1.29, 1.82) is 0 Å². The summed E-state index contributed by atoms with van der Waals surface area (Å²) in [4.78, 5) is 28.3. The van der Waals surface area contributed by atoms with Gasteiger partial charge in [-0.1, -0.05) is 25.1 Å². The van der Waals surface area contributed by atoms with Gasteiger partial charge in [-0.3, -0.25) is 14.5 Å². The molecule has 8 heteroatoms. The van der Waals surface area contributed by atoms with Crippen LogP contribution in [0, 0.1) is 0 Å². The minimum Gasteiger partial charge on any atom is -0.507 e. The summed E-state index contributed by atoms with van der Waals surface area (Å²) in [6.07, 6.45) is 0.822. The van der Waals surface area contributed by atoms with Crippen molar-refractivity contribution in [2.24, 2.45) is 0 Å². The van der Waals surface area contributed by atoms with E-state index in [0.29, 0.717) is 40.9 Å². The maximum absolute atomic E-state index is 13.5. The number of nitrogens with zero attached hydrogens (tertiary/aromatic N) is 1. The van der Waals surface area contributed by atoms with Crippen molar-refractivity contribution in [3.8, 4) is 23.0 Å². The Hall–Kier alpha value is -4.46. The van der Waals surface area contributed by atoms with E-state index in [1.165, 1.54) is 26.2 Å². The second-order valence-electron chi connectivity index (χ2n) is 8.36. The number of carbonyl (C=O) groups excluding carboxylic acids is 2. The Labute approximate surface area is 215 Å². The summed E-state index contributed by atoms with van der Waals surface area (Å²) in [6, 6.07) is 17.9. The SMILES string of the molecule is CCCOc1cccc(C2/C(=C(\O)c3cc(OC)ccc3OC)C(=O)C(=O)N2c2cccc(OC)c2)c1. The number of methoxy groups -OCH3 is 3. The maximum atomic E-state index is 13.5. The second kappa shape index (κ2) is 11.1. The number of aliphatic hydroxyl groups is 1. The number of ketones is 1. The van der Waals surface area contributed by atoms with Gasteiger partial charge in [0, 0.05) is 11.8 Å². The van der Waals surface area contributed by atoms with Crippen molar-refractivity contribution in [3.05, 3.63) is 83.4 Å². The van der Waals surface area contributed by atoms with Gasteiger partial charge >= 0.3 is 0 Å². The van der Waals surface area contributed by atoms with Crippen molar-refractivity contribution in [3.63, 3.8) is 0 Å². The van der Waals surface area contributed by atoms with Gasteiger partial charge in [0.25, 0.3) is 11.7 Å². The molecule has 1 aliphatic heterocycles. The zero-order valence-electron chi connectivity index (χ0n) is 21.2. The Bertz CT molecular complexity index is 1350. The second-order valence-corrected chi connectivity index (χ2v) is 8.36. The van der Waals surface area contributed by atoms with E-state index in [9.17, 15) is 14.7 Å². The minimum absolute atomic E-state index is 0.0768. The minimum atomic E-state index is -0.937. The van der Waals surface area contributed by atoms with Crippen molar-refractivity contribution in [1.82, 2.24) is 0 Å². The van der Waals surface area contributed by atoms with Gasteiger partial charge in [0.15, 0.2) is 0 Å². The van der Waals surface area contributed by atoms with Crippen molar-refractivity contribution in [2.45, 2.75) is 19.4 Å². The average molecular weight is 504 g/mol. The third-order valence-electron chi connectivity index (χ3n) is 6.08. The standard InChI is InChI=1S/C29H29NO7/c1-5-14-37-22-11-6-8-18(15-22)26-25(27(31)23-17-21(35-3)12-13-24(23)36-4)28(32)29(33)30(26)19-9-7-10-20(16-19)34-2/h6-13,15-17,26,31H,5,14H2,1-4H3/b27-25+. The molecule has 3 aromatic rings. The molecule has 0 aliphatic carbocycles. The molecule has 4 rings (SSSR count). The molecule has 192 valence electrons. The summed E-state index contributed by atoms with van der Waals surface area (Å²) in [5.41, 5.74) is 1.20. The van der Waals surface area contributed by atoms with Gasteiger partial charge < -0.3 is 24.1 Å². The lowest BCUT2D eigenvalue weighted by molar-refractivity contribution is -0.132. The highest BCUT2D eigenvalue weighted by atomic mass is 16.5. The number of aliphatic hydroxyl groups excluding tert-OH is 1. The van der Waals surface area contributed by atoms with Crippen LogP contribution < -0.4 is 23.8 Å². The number of anilines is 1.